The van der Waals surface area contributed by atoms with Crippen LogP contribution in [0.4, 0.5) is 10.2 Å². The molecular formula is C21H19FN4S. The van der Waals surface area contributed by atoms with E-state index < -0.39 is 0 Å². The lowest BCUT2D eigenvalue weighted by Gasteiger charge is -2.11. The molecule has 0 unspecified atom stereocenters. The number of anilines is 1. The summed E-state index contributed by atoms with van der Waals surface area (Å²) in [6.45, 7) is 4.08. The Bertz CT molecular complexity index is 1090. The highest BCUT2D eigenvalue weighted by atomic mass is 32.2. The number of hydrogen-bond acceptors (Lipinski definition) is 4. The second-order valence-corrected chi connectivity index (χ2v) is 7.13. The van der Waals surface area contributed by atoms with Crippen LogP contribution in [0.2, 0.25) is 0 Å². The van der Waals surface area contributed by atoms with Gasteiger partial charge in [-0.1, -0.05) is 31.2 Å². The van der Waals surface area contributed by atoms with Crippen molar-refractivity contribution < 1.29 is 4.39 Å². The number of aryl methyl sites for hydroxylation is 2. The number of pyridine rings is 1. The Balaban J connectivity index is 1.68. The van der Waals surface area contributed by atoms with Crippen LogP contribution in [0.15, 0.2) is 65.7 Å². The van der Waals surface area contributed by atoms with Gasteiger partial charge in [0.25, 0.3) is 0 Å². The third kappa shape index (κ3) is 3.53. The highest BCUT2D eigenvalue weighted by Gasteiger charge is 2.13. The van der Waals surface area contributed by atoms with Crippen molar-refractivity contribution in [2.45, 2.75) is 25.2 Å². The van der Waals surface area contributed by atoms with Crippen molar-refractivity contribution >= 4 is 28.7 Å². The number of halogens is 1. The molecule has 0 amide bonds. The molecule has 0 saturated heterocycles. The minimum absolute atomic E-state index is 0.335. The number of nitrogens with zero attached hydrogens (tertiary/aromatic N) is 3. The number of benzene rings is 2. The van der Waals surface area contributed by atoms with Gasteiger partial charge in [0, 0.05) is 22.5 Å². The van der Waals surface area contributed by atoms with Crippen LogP contribution in [0.5, 0.6) is 0 Å². The lowest BCUT2D eigenvalue weighted by Crippen LogP contribution is -2.03. The summed E-state index contributed by atoms with van der Waals surface area (Å²) in [7, 11) is 0. The SMILES string of the molecule is CCc1ccc(SNc2cc(C)nn2-c2ccnc3c(F)cccc23)cc1. The fourth-order valence-corrected chi connectivity index (χ4v) is 3.61. The Labute approximate surface area is 161 Å². The molecule has 6 heteroatoms. The van der Waals surface area contributed by atoms with Crippen molar-refractivity contribution in [3.8, 4) is 5.69 Å². The van der Waals surface area contributed by atoms with Crippen molar-refractivity contribution in [2.75, 3.05) is 4.72 Å². The highest BCUT2D eigenvalue weighted by Crippen LogP contribution is 2.28. The van der Waals surface area contributed by atoms with Crippen molar-refractivity contribution in [2.24, 2.45) is 0 Å². The number of hydrogen-bond donors (Lipinski definition) is 1. The van der Waals surface area contributed by atoms with Gasteiger partial charge in [0.05, 0.1) is 11.4 Å². The lowest BCUT2D eigenvalue weighted by atomic mass is 10.2. The van der Waals surface area contributed by atoms with E-state index in [0.717, 1.165) is 33.9 Å². The van der Waals surface area contributed by atoms with E-state index in [-0.39, 0.29) is 5.82 Å². The average Bonchev–Trinajstić information content (AvgIpc) is 3.07. The maximum atomic E-state index is 14.1. The van der Waals surface area contributed by atoms with Crippen LogP contribution < -0.4 is 4.72 Å². The van der Waals surface area contributed by atoms with E-state index in [1.165, 1.54) is 23.6 Å². The molecule has 136 valence electrons. The first-order valence-corrected chi connectivity index (χ1v) is 9.59. The quantitative estimate of drug-likeness (QED) is 0.462. The molecular weight excluding hydrogens is 359 g/mol. The Kier molecular flexibility index (Phi) is 4.81. The van der Waals surface area contributed by atoms with Gasteiger partial charge in [-0.05, 0) is 55.1 Å². The molecule has 0 aliphatic carbocycles. The summed E-state index contributed by atoms with van der Waals surface area (Å²) in [6.07, 6.45) is 2.63. The Morgan fingerprint density at radius 3 is 2.70 bits per heavy atom. The molecule has 0 aliphatic rings. The Morgan fingerprint density at radius 2 is 1.93 bits per heavy atom. The number of rotatable bonds is 5. The summed E-state index contributed by atoms with van der Waals surface area (Å²) < 4.78 is 19.3. The standard InChI is InChI=1S/C21H19FN4S/c1-3-15-7-9-16(10-8-15)27-25-20-13-14(2)24-26(20)19-11-12-23-21-17(19)5-4-6-18(21)22/h4-13,25H,3H2,1-2H3. The molecule has 0 fully saturated rings. The summed E-state index contributed by atoms with van der Waals surface area (Å²) in [4.78, 5) is 5.29. The van der Waals surface area contributed by atoms with Crippen LogP contribution in [0.1, 0.15) is 18.2 Å². The molecule has 2 heterocycles. The Hall–Kier alpha value is -2.86. The third-order valence-corrected chi connectivity index (χ3v) is 5.18. The largest absolute Gasteiger partial charge is 0.310 e. The lowest BCUT2D eigenvalue weighted by molar-refractivity contribution is 0.636. The number of aromatic nitrogens is 3. The summed E-state index contributed by atoms with van der Waals surface area (Å²) in [5.74, 6) is 0.493. The first kappa shape index (κ1) is 17.5. The van der Waals surface area contributed by atoms with E-state index in [4.69, 9.17) is 0 Å². The van der Waals surface area contributed by atoms with Gasteiger partial charge < -0.3 is 4.72 Å². The van der Waals surface area contributed by atoms with Gasteiger partial charge in [-0.2, -0.15) is 5.10 Å². The zero-order chi connectivity index (χ0) is 18.8. The van der Waals surface area contributed by atoms with Crippen molar-refractivity contribution in [3.05, 3.63) is 77.9 Å². The zero-order valence-corrected chi connectivity index (χ0v) is 15.9. The highest BCUT2D eigenvalue weighted by molar-refractivity contribution is 8.00. The van der Waals surface area contributed by atoms with Crippen LogP contribution in [0, 0.1) is 12.7 Å². The molecule has 0 aliphatic heterocycles. The fourth-order valence-electron chi connectivity index (χ4n) is 2.97. The van der Waals surface area contributed by atoms with Gasteiger partial charge in [0.15, 0.2) is 0 Å². The smallest absolute Gasteiger partial charge is 0.149 e. The van der Waals surface area contributed by atoms with E-state index in [2.05, 4.69) is 46.0 Å². The monoisotopic (exact) mass is 378 g/mol. The van der Waals surface area contributed by atoms with Crippen molar-refractivity contribution in [3.63, 3.8) is 0 Å². The van der Waals surface area contributed by atoms with Crippen molar-refractivity contribution in [1.29, 1.82) is 0 Å². The normalized spacial score (nSPS) is 11.1. The van der Waals surface area contributed by atoms with Crippen LogP contribution in [-0.4, -0.2) is 14.8 Å². The number of para-hydroxylation sites is 1. The molecule has 4 aromatic rings. The molecule has 0 radical (unpaired) electrons. The predicted octanol–water partition coefficient (Wildman–Crippen LogP) is 5.55. The van der Waals surface area contributed by atoms with Crippen LogP contribution >= 0.6 is 11.9 Å². The molecule has 2 aromatic carbocycles. The maximum absolute atomic E-state index is 14.1. The predicted molar refractivity (Wildman–Crippen MR) is 109 cm³/mol. The van der Waals surface area contributed by atoms with Crippen LogP contribution in [0.3, 0.4) is 0 Å². The molecule has 1 N–H and O–H groups in total. The third-order valence-electron chi connectivity index (χ3n) is 4.36. The summed E-state index contributed by atoms with van der Waals surface area (Å²) in [6, 6.07) is 17.2. The van der Waals surface area contributed by atoms with Gasteiger partial charge in [-0.25, -0.2) is 9.07 Å². The van der Waals surface area contributed by atoms with Crippen LogP contribution in [0.25, 0.3) is 16.6 Å². The summed E-state index contributed by atoms with van der Waals surface area (Å²) >= 11 is 1.52. The van der Waals surface area contributed by atoms with Gasteiger partial charge in [-0.15, -0.1) is 0 Å². The van der Waals surface area contributed by atoms with Gasteiger partial charge in [-0.3, -0.25) is 4.98 Å². The molecule has 0 bridgehead atoms. The molecule has 0 spiro atoms. The zero-order valence-electron chi connectivity index (χ0n) is 15.1. The minimum Gasteiger partial charge on any atom is -0.310 e. The van der Waals surface area contributed by atoms with Crippen LogP contribution in [-0.2, 0) is 6.42 Å². The minimum atomic E-state index is -0.335. The van der Waals surface area contributed by atoms with E-state index >= 15 is 0 Å². The first-order chi connectivity index (χ1) is 13.2. The fraction of sp³-hybridized carbons (Fsp3) is 0.143. The number of nitrogens with one attached hydrogen (secondary N) is 1. The summed E-state index contributed by atoms with van der Waals surface area (Å²) in [5, 5.41) is 5.31. The van der Waals surface area contributed by atoms with Gasteiger partial charge in [0.2, 0.25) is 0 Å². The summed E-state index contributed by atoms with van der Waals surface area (Å²) in [5.41, 5.74) is 3.32. The molecule has 0 atom stereocenters. The van der Waals surface area contributed by atoms with E-state index in [0.29, 0.717) is 5.52 Å². The van der Waals surface area contributed by atoms with E-state index in [9.17, 15) is 4.39 Å². The molecule has 27 heavy (non-hydrogen) atoms. The number of fused-ring (bicyclic) bond motifs is 1. The molecule has 4 nitrogen and oxygen atoms in total. The van der Waals surface area contributed by atoms with E-state index in [1.54, 1.807) is 16.9 Å². The maximum Gasteiger partial charge on any atom is 0.149 e. The molecule has 4 rings (SSSR count). The second kappa shape index (κ2) is 7.40. The average molecular weight is 378 g/mol. The van der Waals surface area contributed by atoms with Gasteiger partial charge in [0.1, 0.15) is 17.2 Å². The van der Waals surface area contributed by atoms with Crippen molar-refractivity contribution in [1.82, 2.24) is 14.8 Å². The van der Waals surface area contributed by atoms with Gasteiger partial charge >= 0.3 is 0 Å². The van der Waals surface area contributed by atoms with E-state index in [1.807, 2.05) is 25.1 Å². The molecule has 0 saturated carbocycles. The first-order valence-electron chi connectivity index (χ1n) is 8.78. The second-order valence-electron chi connectivity index (χ2n) is 6.25. The topological polar surface area (TPSA) is 42.7 Å². The molecule has 2 aromatic heterocycles. The Morgan fingerprint density at radius 1 is 1.11 bits per heavy atom.